The maximum Gasteiger partial charge on any atom is 0.376 e. The first-order valence-electron chi connectivity index (χ1n) is 3.09. The molecule has 0 saturated carbocycles. The number of β-amino-alcohol motifs (C(OH)–C–C–N with tert-alkyl or cyclic N) is 1. The molecule has 7 heteroatoms. The van der Waals surface area contributed by atoms with E-state index in [4.69, 9.17) is 5.11 Å². The highest BCUT2D eigenvalue weighted by Crippen LogP contribution is 1.98. The van der Waals surface area contributed by atoms with Crippen molar-refractivity contribution in [1.82, 2.24) is 15.5 Å². The van der Waals surface area contributed by atoms with Crippen LogP contribution in [0.5, 0.6) is 0 Å². The second-order valence-corrected chi connectivity index (χ2v) is 1.95. The molecule has 0 aliphatic carbocycles. The van der Waals surface area contributed by atoms with Crippen LogP contribution in [0.25, 0.3) is 0 Å². The summed E-state index contributed by atoms with van der Waals surface area (Å²) in [4.78, 5) is 32.5. The van der Waals surface area contributed by atoms with Gasteiger partial charge in [0.1, 0.15) is 0 Å². The van der Waals surface area contributed by atoms with Crippen molar-refractivity contribution in [3.63, 3.8) is 0 Å². The van der Waals surface area contributed by atoms with Crippen molar-refractivity contribution >= 4 is 18.1 Å². The first kappa shape index (κ1) is 8.47. The first-order valence-corrected chi connectivity index (χ1v) is 3.09. The molecule has 6 amide bonds. The maximum absolute atomic E-state index is 10.8. The Balaban J connectivity index is 2.67. The van der Waals surface area contributed by atoms with E-state index in [1.54, 1.807) is 0 Å². The standard InChI is InChI=1S/C5H5N3O4/c9-2-1-8-4(11)6-3(10)7-5(8)12/h9H,1-2H2. The molecule has 1 rings (SSSR count). The Morgan fingerprint density at radius 2 is 1.67 bits per heavy atom. The van der Waals surface area contributed by atoms with Crippen molar-refractivity contribution in [2.24, 2.45) is 0 Å². The summed E-state index contributed by atoms with van der Waals surface area (Å²) >= 11 is 0. The zero-order chi connectivity index (χ0) is 9.14. The van der Waals surface area contributed by atoms with Gasteiger partial charge in [-0.15, -0.1) is 10.6 Å². The summed E-state index contributed by atoms with van der Waals surface area (Å²) in [6, 6.07) is -3.05. The number of rotatable bonds is 2. The van der Waals surface area contributed by atoms with Crippen LogP contribution in [0.4, 0.5) is 14.4 Å². The van der Waals surface area contributed by atoms with Crippen molar-refractivity contribution in [3.8, 4) is 0 Å². The average Bonchev–Trinajstić information content (AvgIpc) is 1.96. The normalized spacial score (nSPS) is 17.4. The summed E-state index contributed by atoms with van der Waals surface area (Å²) in [5.74, 6) is 0. The second-order valence-electron chi connectivity index (χ2n) is 1.95. The Bertz CT molecular complexity index is 219. The number of hydrogen-bond donors (Lipinski definition) is 1. The number of amides is 6. The molecular weight excluding hydrogens is 166 g/mol. The number of urea groups is 3. The highest BCUT2D eigenvalue weighted by Gasteiger charge is 2.33. The smallest absolute Gasteiger partial charge is 0.376 e. The monoisotopic (exact) mass is 171 g/mol. The largest absolute Gasteiger partial charge is 0.395 e. The molecule has 1 aliphatic heterocycles. The van der Waals surface area contributed by atoms with E-state index < -0.39 is 18.1 Å². The minimum absolute atomic E-state index is 0.196. The molecule has 0 aromatic rings. The summed E-state index contributed by atoms with van der Waals surface area (Å²) in [7, 11) is 0. The molecule has 2 radical (unpaired) electrons. The molecule has 1 aliphatic rings. The number of hydrogen-bond acceptors (Lipinski definition) is 4. The summed E-state index contributed by atoms with van der Waals surface area (Å²) in [5, 5.41) is 14.2. The van der Waals surface area contributed by atoms with Gasteiger partial charge in [0.05, 0.1) is 13.2 Å². The molecule has 12 heavy (non-hydrogen) atoms. The molecule has 1 N–H and O–H groups in total. The second kappa shape index (κ2) is 3.18. The lowest BCUT2D eigenvalue weighted by atomic mass is 10.5. The Morgan fingerprint density at radius 1 is 1.17 bits per heavy atom. The molecule has 0 unspecified atom stereocenters. The van der Waals surface area contributed by atoms with Crippen molar-refractivity contribution < 1.29 is 19.5 Å². The number of imide groups is 3. The quantitative estimate of drug-likeness (QED) is 0.567. The highest BCUT2D eigenvalue weighted by molar-refractivity contribution is 6.11. The number of carbonyl (C=O) groups is 3. The predicted molar refractivity (Wildman–Crippen MR) is 34.2 cm³/mol. The van der Waals surface area contributed by atoms with Gasteiger partial charge >= 0.3 is 18.1 Å². The van der Waals surface area contributed by atoms with Gasteiger partial charge in [-0.3, -0.25) is 0 Å². The molecule has 0 aromatic carbocycles. The lowest BCUT2D eigenvalue weighted by Crippen LogP contribution is -2.54. The molecule has 0 bridgehead atoms. The molecule has 1 heterocycles. The topological polar surface area (TPSA) is 103 Å². The molecular formula is C5H5N3O4. The van der Waals surface area contributed by atoms with Crippen LogP contribution in [0.15, 0.2) is 0 Å². The van der Waals surface area contributed by atoms with E-state index in [1.165, 1.54) is 0 Å². The number of carbonyl (C=O) groups excluding carboxylic acids is 3. The Morgan fingerprint density at radius 3 is 2.08 bits per heavy atom. The predicted octanol–water partition coefficient (Wildman–Crippen LogP) is -1.14. The van der Waals surface area contributed by atoms with Crippen LogP contribution in [-0.2, 0) is 0 Å². The highest BCUT2D eigenvalue weighted by atomic mass is 16.3. The molecule has 1 saturated heterocycles. The number of aliphatic hydroxyl groups excluding tert-OH is 1. The van der Waals surface area contributed by atoms with Crippen molar-refractivity contribution in [3.05, 3.63) is 0 Å². The van der Waals surface area contributed by atoms with E-state index in [0.717, 1.165) is 0 Å². The third kappa shape index (κ3) is 1.51. The molecule has 7 nitrogen and oxygen atoms in total. The van der Waals surface area contributed by atoms with E-state index in [-0.39, 0.29) is 13.2 Å². The summed E-state index contributed by atoms with van der Waals surface area (Å²) in [5.41, 5.74) is 0. The molecule has 0 aromatic heterocycles. The zero-order valence-corrected chi connectivity index (χ0v) is 5.93. The lowest BCUT2D eigenvalue weighted by molar-refractivity contribution is 0.161. The maximum atomic E-state index is 10.8. The summed E-state index contributed by atoms with van der Waals surface area (Å²) in [6.07, 6.45) is 0. The van der Waals surface area contributed by atoms with E-state index in [9.17, 15) is 14.4 Å². The van der Waals surface area contributed by atoms with Crippen LogP contribution < -0.4 is 10.6 Å². The lowest BCUT2D eigenvalue weighted by Gasteiger charge is -2.20. The van der Waals surface area contributed by atoms with Crippen LogP contribution in [0.1, 0.15) is 0 Å². The van der Waals surface area contributed by atoms with E-state index in [2.05, 4.69) is 10.6 Å². The fourth-order valence-corrected chi connectivity index (χ4v) is 0.682. The van der Waals surface area contributed by atoms with Gasteiger partial charge in [-0.05, 0) is 0 Å². The molecule has 0 atom stereocenters. The summed E-state index contributed by atoms with van der Waals surface area (Å²) < 4.78 is 0. The SMILES string of the molecule is O=C1[N]C(=O)N(CCO)C(=O)[N]1. The van der Waals surface area contributed by atoms with Crippen molar-refractivity contribution in [2.45, 2.75) is 0 Å². The Labute approximate surface area is 67.3 Å². The Hall–Kier alpha value is -1.63. The van der Waals surface area contributed by atoms with Crippen molar-refractivity contribution in [1.29, 1.82) is 0 Å². The molecule has 0 spiro atoms. The minimum Gasteiger partial charge on any atom is -0.395 e. The van der Waals surface area contributed by atoms with Gasteiger partial charge in [0, 0.05) is 0 Å². The molecule has 1 fully saturated rings. The zero-order valence-electron chi connectivity index (χ0n) is 5.93. The van der Waals surface area contributed by atoms with Gasteiger partial charge in [-0.25, -0.2) is 19.3 Å². The van der Waals surface area contributed by atoms with Crippen molar-refractivity contribution in [2.75, 3.05) is 13.2 Å². The Kier molecular flexibility index (Phi) is 2.24. The van der Waals surface area contributed by atoms with Crippen LogP contribution in [-0.4, -0.2) is 41.3 Å². The third-order valence-corrected chi connectivity index (χ3v) is 1.17. The minimum atomic E-state index is -1.10. The average molecular weight is 171 g/mol. The van der Waals surface area contributed by atoms with Crippen LogP contribution in [0, 0.1) is 0 Å². The van der Waals surface area contributed by atoms with Gasteiger partial charge in [-0.1, -0.05) is 0 Å². The summed E-state index contributed by atoms with van der Waals surface area (Å²) in [6.45, 7) is -0.575. The third-order valence-electron chi connectivity index (χ3n) is 1.17. The number of nitrogens with zero attached hydrogens (tertiary/aromatic N) is 3. The van der Waals surface area contributed by atoms with Gasteiger partial charge in [0.15, 0.2) is 0 Å². The number of aliphatic hydroxyl groups is 1. The van der Waals surface area contributed by atoms with E-state index in [0.29, 0.717) is 4.90 Å². The fourth-order valence-electron chi connectivity index (χ4n) is 0.682. The van der Waals surface area contributed by atoms with Crippen LogP contribution in [0.2, 0.25) is 0 Å². The first-order chi connectivity index (χ1) is 5.65. The van der Waals surface area contributed by atoms with Crippen LogP contribution >= 0.6 is 0 Å². The van der Waals surface area contributed by atoms with Gasteiger partial charge in [0.2, 0.25) is 0 Å². The van der Waals surface area contributed by atoms with Crippen LogP contribution in [0.3, 0.4) is 0 Å². The molecule has 64 valence electrons. The van der Waals surface area contributed by atoms with Gasteiger partial charge < -0.3 is 5.11 Å². The van der Waals surface area contributed by atoms with Gasteiger partial charge in [-0.2, -0.15) is 0 Å². The van der Waals surface area contributed by atoms with E-state index in [1.807, 2.05) is 0 Å². The fraction of sp³-hybridized carbons (Fsp3) is 0.400. The van der Waals surface area contributed by atoms with Gasteiger partial charge in [0.25, 0.3) is 0 Å². The van der Waals surface area contributed by atoms with E-state index >= 15 is 0 Å².